The van der Waals surface area contributed by atoms with Crippen LogP contribution in [0, 0.1) is 17.1 Å². The van der Waals surface area contributed by atoms with E-state index >= 15 is 0 Å². The van der Waals surface area contributed by atoms with Crippen LogP contribution in [-0.2, 0) is 10.0 Å². The Bertz CT molecular complexity index is 1210. The van der Waals surface area contributed by atoms with E-state index in [4.69, 9.17) is 5.26 Å². The standard InChI is InChI=1S/C21H18FN5O3S/c22-17-5-7-18(8-6-17)27-31(29,30)19-9-3-15(4-10-19)21(28)26-13-12-25-20-16(14-23)2-1-11-24-20/h1-11,27H,12-13H2,(H,24,25)(H,26,28). The van der Waals surface area contributed by atoms with Crippen LogP contribution in [0.5, 0.6) is 0 Å². The van der Waals surface area contributed by atoms with Crippen molar-refractivity contribution in [3.05, 3.63) is 83.8 Å². The molecule has 0 radical (unpaired) electrons. The lowest BCUT2D eigenvalue weighted by Gasteiger charge is -2.10. The van der Waals surface area contributed by atoms with Gasteiger partial charge in [0.2, 0.25) is 0 Å². The van der Waals surface area contributed by atoms with E-state index in [0.717, 1.165) is 12.1 Å². The molecular weight excluding hydrogens is 421 g/mol. The average molecular weight is 439 g/mol. The average Bonchev–Trinajstić information content (AvgIpc) is 2.78. The molecule has 1 aromatic heterocycles. The third-order valence-corrected chi connectivity index (χ3v) is 5.55. The lowest BCUT2D eigenvalue weighted by molar-refractivity contribution is 0.0955. The van der Waals surface area contributed by atoms with E-state index in [2.05, 4.69) is 20.3 Å². The van der Waals surface area contributed by atoms with Crippen LogP contribution < -0.4 is 15.4 Å². The fraction of sp³-hybridized carbons (Fsp3) is 0.0952. The summed E-state index contributed by atoms with van der Waals surface area (Å²) in [6.07, 6.45) is 1.56. The van der Waals surface area contributed by atoms with Gasteiger partial charge in [0, 0.05) is 30.5 Å². The summed E-state index contributed by atoms with van der Waals surface area (Å²) in [5.74, 6) is -0.416. The van der Waals surface area contributed by atoms with Crippen LogP contribution in [0.15, 0.2) is 71.8 Å². The fourth-order valence-electron chi connectivity index (χ4n) is 2.61. The molecule has 0 aliphatic heterocycles. The van der Waals surface area contributed by atoms with E-state index in [1.165, 1.54) is 36.4 Å². The number of halogens is 1. The monoisotopic (exact) mass is 439 g/mol. The maximum absolute atomic E-state index is 13.0. The van der Waals surface area contributed by atoms with Crippen molar-refractivity contribution < 1.29 is 17.6 Å². The molecule has 0 aliphatic rings. The molecule has 10 heteroatoms. The van der Waals surface area contributed by atoms with Crippen LogP contribution in [0.25, 0.3) is 0 Å². The van der Waals surface area contributed by atoms with Gasteiger partial charge < -0.3 is 10.6 Å². The molecule has 3 N–H and O–H groups in total. The quantitative estimate of drug-likeness (QED) is 0.464. The number of anilines is 2. The topological polar surface area (TPSA) is 124 Å². The molecule has 1 amide bonds. The molecule has 0 bridgehead atoms. The summed E-state index contributed by atoms with van der Waals surface area (Å²) in [5.41, 5.74) is 0.916. The first-order chi connectivity index (χ1) is 14.9. The third kappa shape index (κ3) is 5.77. The largest absolute Gasteiger partial charge is 0.367 e. The van der Waals surface area contributed by atoms with Crippen molar-refractivity contribution in [1.82, 2.24) is 10.3 Å². The molecule has 3 rings (SSSR count). The molecule has 0 aliphatic carbocycles. The Morgan fingerprint density at radius 3 is 2.42 bits per heavy atom. The second kappa shape index (κ2) is 9.69. The van der Waals surface area contributed by atoms with E-state index in [0.29, 0.717) is 17.9 Å². The van der Waals surface area contributed by atoms with Gasteiger partial charge in [-0.15, -0.1) is 0 Å². The number of hydrogen-bond donors (Lipinski definition) is 3. The smallest absolute Gasteiger partial charge is 0.261 e. The Balaban J connectivity index is 1.54. The van der Waals surface area contributed by atoms with Crippen molar-refractivity contribution in [2.75, 3.05) is 23.1 Å². The summed E-state index contributed by atoms with van der Waals surface area (Å²) in [6.45, 7) is 0.623. The molecule has 0 saturated heterocycles. The van der Waals surface area contributed by atoms with Gasteiger partial charge >= 0.3 is 0 Å². The summed E-state index contributed by atoms with van der Waals surface area (Å²) in [6, 6.07) is 15.7. The number of aromatic nitrogens is 1. The second-order valence-corrected chi connectivity index (χ2v) is 8.01. The first kappa shape index (κ1) is 21.7. The molecule has 1 heterocycles. The molecule has 0 fully saturated rings. The van der Waals surface area contributed by atoms with Crippen molar-refractivity contribution in [2.24, 2.45) is 0 Å². The lowest BCUT2D eigenvalue weighted by atomic mass is 10.2. The number of pyridine rings is 1. The van der Waals surface area contributed by atoms with Gasteiger partial charge in [-0.05, 0) is 60.7 Å². The molecule has 2 aromatic carbocycles. The molecule has 0 spiro atoms. The highest BCUT2D eigenvalue weighted by molar-refractivity contribution is 7.92. The first-order valence-corrected chi connectivity index (χ1v) is 10.6. The van der Waals surface area contributed by atoms with Crippen molar-refractivity contribution in [3.63, 3.8) is 0 Å². The molecule has 0 atom stereocenters. The van der Waals surface area contributed by atoms with Gasteiger partial charge in [0.1, 0.15) is 17.7 Å². The van der Waals surface area contributed by atoms with Crippen LogP contribution in [-0.4, -0.2) is 32.4 Å². The van der Waals surface area contributed by atoms with Gasteiger partial charge in [0.05, 0.1) is 10.5 Å². The van der Waals surface area contributed by atoms with Crippen molar-refractivity contribution in [2.45, 2.75) is 4.90 Å². The van der Waals surface area contributed by atoms with Gasteiger partial charge in [-0.25, -0.2) is 17.8 Å². The van der Waals surface area contributed by atoms with Crippen LogP contribution in [0.2, 0.25) is 0 Å². The van der Waals surface area contributed by atoms with Crippen molar-refractivity contribution >= 4 is 27.4 Å². The van der Waals surface area contributed by atoms with E-state index in [9.17, 15) is 17.6 Å². The SMILES string of the molecule is N#Cc1cccnc1NCCNC(=O)c1ccc(S(=O)(=O)Nc2ccc(F)cc2)cc1. The van der Waals surface area contributed by atoms with Gasteiger partial charge in [0.25, 0.3) is 15.9 Å². The number of amides is 1. The van der Waals surface area contributed by atoms with Crippen molar-refractivity contribution in [1.29, 1.82) is 5.26 Å². The van der Waals surface area contributed by atoms with Gasteiger partial charge in [0.15, 0.2) is 0 Å². The van der Waals surface area contributed by atoms with Gasteiger partial charge in [-0.2, -0.15) is 5.26 Å². The molecule has 8 nitrogen and oxygen atoms in total. The number of nitriles is 1. The van der Waals surface area contributed by atoms with Crippen LogP contribution in [0.3, 0.4) is 0 Å². The maximum Gasteiger partial charge on any atom is 0.261 e. The predicted molar refractivity (Wildman–Crippen MR) is 113 cm³/mol. The zero-order valence-electron chi connectivity index (χ0n) is 16.2. The van der Waals surface area contributed by atoms with Gasteiger partial charge in [-0.1, -0.05) is 0 Å². The molecule has 0 saturated carbocycles. The Hall–Kier alpha value is -3.97. The Morgan fingerprint density at radius 2 is 1.74 bits per heavy atom. The highest BCUT2D eigenvalue weighted by Crippen LogP contribution is 2.17. The number of hydrogen-bond acceptors (Lipinski definition) is 6. The zero-order valence-corrected chi connectivity index (χ0v) is 17.0. The Morgan fingerprint density at radius 1 is 1.03 bits per heavy atom. The number of sulfonamides is 1. The number of nitrogens with one attached hydrogen (secondary N) is 3. The van der Waals surface area contributed by atoms with E-state index in [1.54, 1.807) is 18.3 Å². The molecule has 31 heavy (non-hydrogen) atoms. The normalized spacial score (nSPS) is 10.7. The summed E-state index contributed by atoms with van der Waals surface area (Å²) >= 11 is 0. The summed E-state index contributed by atoms with van der Waals surface area (Å²) < 4.78 is 40.2. The fourth-order valence-corrected chi connectivity index (χ4v) is 3.67. The van der Waals surface area contributed by atoms with Crippen LogP contribution in [0.4, 0.5) is 15.9 Å². The minimum Gasteiger partial charge on any atom is -0.367 e. The lowest BCUT2D eigenvalue weighted by Crippen LogP contribution is -2.29. The molecule has 0 unspecified atom stereocenters. The Kier molecular flexibility index (Phi) is 6.79. The summed E-state index contributed by atoms with van der Waals surface area (Å²) in [7, 11) is -3.87. The molecule has 3 aromatic rings. The predicted octanol–water partition coefficient (Wildman–Crippen LogP) is 2.74. The highest BCUT2D eigenvalue weighted by atomic mass is 32.2. The minimum atomic E-state index is -3.87. The zero-order chi connectivity index (χ0) is 22.3. The van der Waals surface area contributed by atoms with Crippen LogP contribution >= 0.6 is 0 Å². The van der Waals surface area contributed by atoms with E-state index in [-0.39, 0.29) is 28.6 Å². The minimum absolute atomic E-state index is 0.0331. The maximum atomic E-state index is 13.0. The second-order valence-electron chi connectivity index (χ2n) is 6.33. The van der Waals surface area contributed by atoms with Crippen LogP contribution in [0.1, 0.15) is 15.9 Å². The third-order valence-electron chi connectivity index (χ3n) is 4.15. The summed E-state index contributed by atoms with van der Waals surface area (Å²) in [5, 5.41) is 14.7. The molecule has 158 valence electrons. The van der Waals surface area contributed by atoms with E-state index in [1.807, 2.05) is 6.07 Å². The highest BCUT2D eigenvalue weighted by Gasteiger charge is 2.15. The number of nitrogens with zero attached hydrogens (tertiary/aromatic N) is 2. The number of rotatable bonds is 8. The molecular formula is C21H18FN5O3S. The Labute approximate surface area is 178 Å². The number of carbonyl (C=O) groups excluding carboxylic acids is 1. The van der Waals surface area contributed by atoms with Gasteiger partial charge in [-0.3, -0.25) is 9.52 Å². The summed E-state index contributed by atoms with van der Waals surface area (Å²) in [4.78, 5) is 16.3. The first-order valence-electron chi connectivity index (χ1n) is 9.15. The van der Waals surface area contributed by atoms with E-state index < -0.39 is 15.8 Å². The number of carbonyl (C=O) groups is 1. The van der Waals surface area contributed by atoms with Crippen molar-refractivity contribution in [3.8, 4) is 6.07 Å². The number of benzene rings is 2.